The van der Waals surface area contributed by atoms with Crippen LogP contribution in [0.3, 0.4) is 0 Å². The van der Waals surface area contributed by atoms with E-state index >= 15 is 0 Å². The maximum Gasteiger partial charge on any atom is 0.236 e. The van der Waals surface area contributed by atoms with E-state index in [-0.39, 0.29) is 12.2 Å². The highest BCUT2D eigenvalue weighted by Gasteiger charge is 2.19. The summed E-state index contributed by atoms with van der Waals surface area (Å²) in [6, 6.07) is 2.76. The van der Waals surface area contributed by atoms with Crippen molar-refractivity contribution in [2.45, 2.75) is 12.2 Å². The van der Waals surface area contributed by atoms with E-state index in [2.05, 4.69) is 4.72 Å². The van der Waals surface area contributed by atoms with Crippen LogP contribution in [0.5, 0.6) is 0 Å². The van der Waals surface area contributed by atoms with E-state index in [1.807, 2.05) is 0 Å². The van der Waals surface area contributed by atoms with Gasteiger partial charge in [0, 0.05) is 12.6 Å². The average Bonchev–Trinajstić information content (AvgIpc) is 2.22. The summed E-state index contributed by atoms with van der Waals surface area (Å²) >= 11 is 0. The molecule has 0 spiro atoms. The van der Waals surface area contributed by atoms with Crippen molar-refractivity contribution in [3.8, 4) is 0 Å². The van der Waals surface area contributed by atoms with E-state index in [4.69, 9.17) is 5.73 Å². The van der Waals surface area contributed by atoms with Crippen molar-refractivity contribution in [2.24, 2.45) is 5.73 Å². The van der Waals surface area contributed by atoms with Crippen LogP contribution in [0.4, 0.5) is 14.5 Å². The van der Waals surface area contributed by atoms with Gasteiger partial charge in [-0.25, -0.2) is 17.2 Å². The van der Waals surface area contributed by atoms with Crippen LogP contribution in [-0.2, 0) is 10.0 Å². The van der Waals surface area contributed by atoms with E-state index in [1.165, 1.54) is 6.92 Å². The first-order chi connectivity index (χ1) is 7.36. The second-order valence-electron chi connectivity index (χ2n) is 3.32. The van der Waals surface area contributed by atoms with Gasteiger partial charge in [0.1, 0.15) is 0 Å². The van der Waals surface area contributed by atoms with Crippen molar-refractivity contribution in [1.82, 2.24) is 0 Å². The molecule has 1 unspecified atom stereocenters. The Morgan fingerprint density at radius 2 is 2.00 bits per heavy atom. The van der Waals surface area contributed by atoms with E-state index in [0.717, 1.165) is 18.2 Å². The Hall–Kier alpha value is -1.21. The van der Waals surface area contributed by atoms with Crippen LogP contribution in [0.2, 0.25) is 0 Å². The van der Waals surface area contributed by atoms with E-state index in [9.17, 15) is 17.2 Å². The third-order valence-electron chi connectivity index (χ3n) is 2.04. The molecule has 90 valence electrons. The summed E-state index contributed by atoms with van der Waals surface area (Å²) in [6.45, 7) is 1.36. The van der Waals surface area contributed by atoms with Gasteiger partial charge in [0.15, 0.2) is 11.6 Å². The summed E-state index contributed by atoms with van der Waals surface area (Å²) in [4.78, 5) is 0. The fourth-order valence-electron chi connectivity index (χ4n) is 0.951. The third kappa shape index (κ3) is 2.89. The van der Waals surface area contributed by atoms with Crippen LogP contribution in [0, 0.1) is 11.6 Å². The van der Waals surface area contributed by atoms with Gasteiger partial charge in [-0.15, -0.1) is 0 Å². The molecule has 1 atom stereocenters. The molecule has 16 heavy (non-hydrogen) atoms. The molecule has 1 aromatic carbocycles. The molecule has 0 fully saturated rings. The number of benzene rings is 1. The fourth-order valence-corrected chi connectivity index (χ4v) is 1.86. The van der Waals surface area contributed by atoms with Crippen molar-refractivity contribution in [2.75, 3.05) is 11.3 Å². The quantitative estimate of drug-likeness (QED) is 0.839. The number of halogens is 2. The molecule has 7 heteroatoms. The second kappa shape index (κ2) is 4.75. The van der Waals surface area contributed by atoms with Gasteiger partial charge < -0.3 is 5.73 Å². The predicted octanol–water partition coefficient (Wildman–Crippen LogP) is 1.05. The molecule has 0 amide bonds. The number of nitrogens with two attached hydrogens (primary N) is 1. The molecule has 0 heterocycles. The minimum absolute atomic E-state index is 0.0285. The highest BCUT2D eigenvalue weighted by atomic mass is 32.2. The topological polar surface area (TPSA) is 72.2 Å². The Balaban J connectivity index is 2.93. The van der Waals surface area contributed by atoms with Gasteiger partial charge in [0.2, 0.25) is 10.0 Å². The first kappa shape index (κ1) is 12.9. The predicted molar refractivity (Wildman–Crippen MR) is 57.4 cm³/mol. The Bertz CT molecular complexity index is 476. The zero-order chi connectivity index (χ0) is 12.3. The summed E-state index contributed by atoms with van der Waals surface area (Å²) in [7, 11) is -3.66. The summed E-state index contributed by atoms with van der Waals surface area (Å²) < 4.78 is 50.5. The van der Waals surface area contributed by atoms with Crippen molar-refractivity contribution in [1.29, 1.82) is 0 Å². The summed E-state index contributed by atoms with van der Waals surface area (Å²) in [5.41, 5.74) is 5.18. The van der Waals surface area contributed by atoms with Crippen LogP contribution in [0.1, 0.15) is 6.92 Å². The Morgan fingerprint density at radius 1 is 1.38 bits per heavy atom. The van der Waals surface area contributed by atoms with Crippen LogP contribution in [0.15, 0.2) is 18.2 Å². The first-order valence-electron chi connectivity index (χ1n) is 4.53. The minimum Gasteiger partial charge on any atom is -0.329 e. The van der Waals surface area contributed by atoms with Gasteiger partial charge in [0.05, 0.1) is 10.9 Å². The molecule has 1 aromatic rings. The van der Waals surface area contributed by atoms with Gasteiger partial charge >= 0.3 is 0 Å². The smallest absolute Gasteiger partial charge is 0.236 e. The molecule has 0 bridgehead atoms. The molecular weight excluding hydrogens is 238 g/mol. The average molecular weight is 250 g/mol. The summed E-state index contributed by atoms with van der Waals surface area (Å²) in [6.07, 6.45) is 0. The van der Waals surface area contributed by atoms with Crippen molar-refractivity contribution >= 4 is 15.7 Å². The van der Waals surface area contributed by atoms with Gasteiger partial charge in [-0.05, 0) is 19.1 Å². The van der Waals surface area contributed by atoms with Gasteiger partial charge in [-0.1, -0.05) is 0 Å². The van der Waals surface area contributed by atoms with Crippen LogP contribution < -0.4 is 10.5 Å². The maximum atomic E-state index is 12.8. The zero-order valence-corrected chi connectivity index (χ0v) is 9.39. The number of sulfonamides is 1. The zero-order valence-electron chi connectivity index (χ0n) is 8.57. The van der Waals surface area contributed by atoms with Crippen LogP contribution >= 0.6 is 0 Å². The SMILES string of the molecule is CC(CN)S(=O)(=O)Nc1ccc(F)c(F)c1. The molecule has 0 aliphatic carbocycles. The molecule has 0 saturated carbocycles. The number of nitrogens with one attached hydrogen (secondary N) is 1. The molecule has 0 radical (unpaired) electrons. The van der Waals surface area contributed by atoms with Gasteiger partial charge in [0.25, 0.3) is 0 Å². The summed E-state index contributed by atoms with van der Waals surface area (Å²) in [5, 5.41) is -0.805. The number of anilines is 1. The van der Waals surface area contributed by atoms with Crippen LogP contribution in [-0.4, -0.2) is 20.2 Å². The lowest BCUT2D eigenvalue weighted by atomic mass is 10.3. The number of hydrogen-bond donors (Lipinski definition) is 2. The van der Waals surface area contributed by atoms with E-state index < -0.39 is 26.9 Å². The number of rotatable bonds is 4. The molecule has 0 aromatic heterocycles. The third-order valence-corrected chi connectivity index (χ3v) is 3.81. The highest BCUT2D eigenvalue weighted by molar-refractivity contribution is 7.93. The molecule has 0 aliphatic heterocycles. The largest absolute Gasteiger partial charge is 0.329 e. The van der Waals surface area contributed by atoms with Crippen molar-refractivity contribution in [3.63, 3.8) is 0 Å². The van der Waals surface area contributed by atoms with E-state index in [0.29, 0.717) is 0 Å². The Kier molecular flexibility index (Phi) is 3.82. The number of hydrogen-bond acceptors (Lipinski definition) is 3. The molecule has 0 aliphatic rings. The highest BCUT2D eigenvalue weighted by Crippen LogP contribution is 2.15. The lowest BCUT2D eigenvalue weighted by Crippen LogP contribution is -2.31. The van der Waals surface area contributed by atoms with Gasteiger partial charge in [-0.2, -0.15) is 0 Å². The molecule has 0 saturated heterocycles. The maximum absolute atomic E-state index is 12.8. The lowest BCUT2D eigenvalue weighted by molar-refractivity contribution is 0.509. The molecule has 3 N–H and O–H groups in total. The fraction of sp³-hybridized carbons (Fsp3) is 0.333. The minimum atomic E-state index is -3.66. The Morgan fingerprint density at radius 3 is 2.50 bits per heavy atom. The first-order valence-corrected chi connectivity index (χ1v) is 6.08. The van der Waals surface area contributed by atoms with Crippen LogP contribution in [0.25, 0.3) is 0 Å². The standard InChI is InChI=1S/C9H12F2N2O2S/c1-6(5-12)16(14,15)13-7-2-3-8(10)9(11)4-7/h2-4,6,13H,5,12H2,1H3. The monoisotopic (exact) mass is 250 g/mol. The van der Waals surface area contributed by atoms with Gasteiger partial charge in [-0.3, -0.25) is 4.72 Å². The molecule has 1 rings (SSSR count). The second-order valence-corrected chi connectivity index (χ2v) is 5.42. The van der Waals surface area contributed by atoms with Crippen molar-refractivity contribution < 1.29 is 17.2 Å². The Labute approximate surface area is 92.5 Å². The molecular formula is C9H12F2N2O2S. The normalized spacial score (nSPS) is 13.5. The summed E-state index contributed by atoms with van der Waals surface area (Å²) in [5.74, 6) is -2.14. The lowest BCUT2D eigenvalue weighted by Gasteiger charge is -2.12. The van der Waals surface area contributed by atoms with Crippen molar-refractivity contribution in [3.05, 3.63) is 29.8 Å². The molecule has 4 nitrogen and oxygen atoms in total. The van der Waals surface area contributed by atoms with E-state index in [1.54, 1.807) is 0 Å².